The monoisotopic (exact) mass is 447 g/mol. The SMILES string of the molecule is CCC1CNCCN1c1c(NC(=O)c2nc(-c3c(F)cccc3F)sc2N)cnn1C. The Balaban J connectivity index is 1.63. The Bertz CT molecular complexity index is 1090. The number of hydrogen-bond acceptors (Lipinski definition) is 7. The summed E-state index contributed by atoms with van der Waals surface area (Å²) in [6.45, 7) is 4.55. The van der Waals surface area contributed by atoms with Crippen LogP contribution in [-0.2, 0) is 7.05 Å². The Morgan fingerprint density at radius 2 is 2.13 bits per heavy atom. The van der Waals surface area contributed by atoms with Crippen LogP contribution in [0, 0.1) is 11.6 Å². The van der Waals surface area contributed by atoms with Crippen molar-refractivity contribution in [2.45, 2.75) is 19.4 Å². The van der Waals surface area contributed by atoms with E-state index in [1.807, 2.05) is 7.05 Å². The zero-order valence-corrected chi connectivity index (χ0v) is 18.0. The summed E-state index contributed by atoms with van der Waals surface area (Å²) >= 11 is 0.862. The van der Waals surface area contributed by atoms with Gasteiger partial charge in [-0.05, 0) is 18.6 Å². The quantitative estimate of drug-likeness (QED) is 0.556. The van der Waals surface area contributed by atoms with Gasteiger partial charge < -0.3 is 21.3 Å². The van der Waals surface area contributed by atoms with E-state index in [1.54, 1.807) is 10.9 Å². The molecule has 8 nitrogen and oxygen atoms in total. The number of hydrogen-bond donors (Lipinski definition) is 3. The summed E-state index contributed by atoms with van der Waals surface area (Å²) in [5.41, 5.74) is 6.12. The number of anilines is 3. The van der Waals surface area contributed by atoms with Gasteiger partial charge in [0.25, 0.3) is 5.91 Å². The van der Waals surface area contributed by atoms with Gasteiger partial charge in [0.15, 0.2) is 11.5 Å². The number of nitrogens with zero attached hydrogens (tertiary/aromatic N) is 4. The predicted molar refractivity (Wildman–Crippen MR) is 117 cm³/mol. The molecule has 4 N–H and O–H groups in total. The van der Waals surface area contributed by atoms with Gasteiger partial charge in [0.05, 0.1) is 11.8 Å². The third-order valence-corrected chi connectivity index (χ3v) is 6.20. The Labute approximate surface area is 182 Å². The van der Waals surface area contributed by atoms with E-state index in [0.29, 0.717) is 5.69 Å². The fraction of sp³-hybridized carbons (Fsp3) is 0.350. The number of nitrogens with one attached hydrogen (secondary N) is 2. The van der Waals surface area contributed by atoms with Gasteiger partial charge >= 0.3 is 0 Å². The minimum absolute atomic E-state index is 0.0119. The molecule has 3 aromatic rings. The topological polar surface area (TPSA) is 101 Å². The van der Waals surface area contributed by atoms with Gasteiger partial charge in [-0.2, -0.15) is 5.10 Å². The van der Waals surface area contributed by atoms with Gasteiger partial charge in [-0.1, -0.05) is 24.3 Å². The number of aromatic nitrogens is 3. The molecule has 0 saturated carbocycles. The molecule has 3 heterocycles. The molecular weight excluding hydrogens is 424 g/mol. The Kier molecular flexibility index (Phi) is 5.88. The maximum atomic E-state index is 14.1. The number of nitrogens with two attached hydrogens (primary N) is 1. The number of aryl methyl sites for hydroxylation is 1. The van der Waals surface area contributed by atoms with Crippen molar-refractivity contribution in [1.29, 1.82) is 0 Å². The first kappa shape index (κ1) is 21.2. The molecule has 1 aromatic carbocycles. The second kappa shape index (κ2) is 8.60. The maximum Gasteiger partial charge on any atom is 0.277 e. The van der Waals surface area contributed by atoms with E-state index in [-0.39, 0.29) is 27.3 Å². The van der Waals surface area contributed by atoms with E-state index in [4.69, 9.17) is 5.73 Å². The zero-order valence-electron chi connectivity index (χ0n) is 17.2. The number of carbonyl (C=O) groups is 1. The van der Waals surface area contributed by atoms with Crippen LogP contribution in [0.4, 0.5) is 25.3 Å². The van der Waals surface area contributed by atoms with Gasteiger partial charge in [0, 0.05) is 32.7 Å². The summed E-state index contributed by atoms with van der Waals surface area (Å²) in [5, 5.41) is 10.6. The molecule has 1 saturated heterocycles. The Hall–Kier alpha value is -3.05. The van der Waals surface area contributed by atoms with Crippen LogP contribution in [-0.4, -0.2) is 46.3 Å². The van der Waals surface area contributed by atoms with Gasteiger partial charge in [-0.15, -0.1) is 0 Å². The number of carbonyl (C=O) groups excluding carboxylic acids is 1. The number of benzene rings is 1. The average Bonchev–Trinajstić information content (AvgIpc) is 3.30. The molecule has 11 heteroatoms. The predicted octanol–water partition coefficient (Wildman–Crippen LogP) is 2.84. The second-order valence-electron chi connectivity index (χ2n) is 7.25. The normalized spacial score (nSPS) is 16.5. The molecule has 2 aromatic heterocycles. The molecule has 31 heavy (non-hydrogen) atoms. The highest BCUT2D eigenvalue weighted by molar-refractivity contribution is 7.19. The molecule has 0 bridgehead atoms. The summed E-state index contributed by atoms with van der Waals surface area (Å²) < 4.78 is 30.0. The number of nitrogen functional groups attached to an aromatic ring is 1. The maximum absolute atomic E-state index is 14.1. The molecule has 164 valence electrons. The van der Waals surface area contributed by atoms with Crippen LogP contribution < -0.4 is 21.3 Å². The van der Waals surface area contributed by atoms with Crippen LogP contribution in [0.25, 0.3) is 10.6 Å². The Morgan fingerprint density at radius 3 is 2.84 bits per heavy atom. The molecule has 0 radical (unpaired) electrons. The summed E-state index contributed by atoms with van der Waals surface area (Å²) in [6.07, 6.45) is 2.50. The molecule has 0 spiro atoms. The van der Waals surface area contributed by atoms with Crippen molar-refractivity contribution >= 4 is 33.8 Å². The van der Waals surface area contributed by atoms with Crippen LogP contribution in [0.5, 0.6) is 0 Å². The minimum atomic E-state index is -0.764. The molecule has 0 aliphatic carbocycles. The third-order valence-electron chi connectivity index (χ3n) is 5.29. The lowest BCUT2D eigenvalue weighted by Crippen LogP contribution is -2.52. The summed E-state index contributed by atoms with van der Waals surface area (Å²) in [7, 11) is 1.82. The number of halogens is 2. The number of rotatable bonds is 5. The van der Waals surface area contributed by atoms with Crippen molar-refractivity contribution < 1.29 is 13.6 Å². The van der Waals surface area contributed by atoms with Crippen LogP contribution in [0.2, 0.25) is 0 Å². The highest BCUT2D eigenvalue weighted by Gasteiger charge is 2.28. The van der Waals surface area contributed by atoms with Crippen molar-refractivity contribution in [3.8, 4) is 10.6 Å². The van der Waals surface area contributed by atoms with Crippen molar-refractivity contribution in [2.24, 2.45) is 7.05 Å². The first-order chi connectivity index (χ1) is 14.9. The summed E-state index contributed by atoms with van der Waals surface area (Å²) in [6, 6.07) is 3.80. The number of piperazine rings is 1. The first-order valence-corrected chi connectivity index (χ1v) is 10.7. The highest BCUT2D eigenvalue weighted by Crippen LogP contribution is 2.34. The lowest BCUT2D eigenvalue weighted by molar-refractivity contribution is 0.102. The highest BCUT2D eigenvalue weighted by atomic mass is 32.1. The fourth-order valence-electron chi connectivity index (χ4n) is 3.75. The van der Waals surface area contributed by atoms with Crippen molar-refractivity contribution in [3.05, 3.63) is 41.7 Å². The molecule has 1 aliphatic heterocycles. The Morgan fingerprint density at radius 1 is 1.39 bits per heavy atom. The molecule has 1 aliphatic rings. The van der Waals surface area contributed by atoms with Gasteiger partial charge in [0.1, 0.15) is 27.3 Å². The number of amides is 1. The summed E-state index contributed by atoms with van der Waals surface area (Å²) in [4.78, 5) is 19.3. The van der Waals surface area contributed by atoms with Crippen LogP contribution in [0.1, 0.15) is 23.8 Å². The van der Waals surface area contributed by atoms with Crippen LogP contribution in [0.15, 0.2) is 24.4 Å². The smallest absolute Gasteiger partial charge is 0.277 e. The number of thiazole rings is 1. The van der Waals surface area contributed by atoms with Crippen molar-refractivity contribution in [2.75, 3.05) is 35.6 Å². The van der Waals surface area contributed by atoms with E-state index >= 15 is 0 Å². The largest absolute Gasteiger partial charge is 0.389 e. The minimum Gasteiger partial charge on any atom is -0.389 e. The van der Waals surface area contributed by atoms with E-state index in [9.17, 15) is 13.6 Å². The summed E-state index contributed by atoms with van der Waals surface area (Å²) in [5.74, 6) is -1.30. The van der Waals surface area contributed by atoms with Crippen LogP contribution in [0.3, 0.4) is 0 Å². The molecule has 4 rings (SSSR count). The van der Waals surface area contributed by atoms with Crippen molar-refractivity contribution in [1.82, 2.24) is 20.1 Å². The van der Waals surface area contributed by atoms with E-state index in [2.05, 4.69) is 32.5 Å². The lowest BCUT2D eigenvalue weighted by Gasteiger charge is -2.37. The third kappa shape index (κ3) is 3.98. The van der Waals surface area contributed by atoms with Crippen molar-refractivity contribution in [3.63, 3.8) is 0 Å². The lowest BCUT2D eigenvalue weighted by atomic mass is 10.1. The molecular formula is C20H23F2N7OS. The molecule has 1 fully saturated rings. The molecule has 1 atom stereocenters. The second-order valence-corrected chi connectivity index (χ2v) is 8.28. The van der Waals surface area contributed by atoms with Gasteiger partial charge in [-0.3, -0.25) is 9.48 Å². The van der Waals surface area contributed by atoms with Gasteiger partial charge in [-0.25, -0.2) is 13.8 Å². The first-order valence-electron chi connectivity index (χ1n) is 9.92. The average molecular weight is 448 g/mol. The molecule has 1 amide bonds. The van der Waals surface area contributed by atoms with Crippen LogP contribution >= 0.6 is 11.3 Å². The zero-order chi connectivity index (χ0) is 22.1. The fourth-order valence-corrected chi connectivity index (χ4v) is 4.63. The van der Waals surface area contributed by atoms with E-state index < -0.39 is 17.5 Å². The van der Waals surface area contributed by atoms with Gasteiger partial charge in [0.2, 0.25) is 0 Å². The standard InChI is InChI=1S/C20H23F2N7OS/c1-3-11-9-24-7-8-29(11)20-14(10-25-28(20)2)26-18(30)16-17(23)31-19(27-16)15-12(21)5-4-6-13(15)22/h4-6,10-11,24H,3,7-9,23H2,1-2H3,(H,26,30). The van der Waals surface area contributed by atoms with E-state index in [0.717, 1.165) is 55.3 Å². The van der Waals surface area contributed by atoms with E-state index in [1.165, 1.54) is 6.07 Å². The molecule has 1 unspecified atom stereocenters.